The zero-order chi connectivity index (χ0) is 26.8. The van der Waals surface area contributed by atoms with Crippen molar-refractivity contribution in [3.05, 3.63) is 77.9 Å². The summed E-state index contributed by atoms with van der Waals surface area (Å²) in [4.78, 5) is 4.83. The van der Waals surface area contributed by atoms with Gasteiger partial charge in [0, 0.05) is 50.5 Å². The molecular formula is C30H34N2O5S. The van der Waals surface area contributed by atoms with Gasteiger partial charge in [0.1, 0.15) is 18.5 Å². The standard InChI is InChI=1S/C30H34N2O5S/c1-3-5-26(30(2)14-12-25(13-15-30)38(33,34)35)24-10-8-23(9-11-24)22-31-16-18-32(19-17-31)27-6-4-7-28-29(27)37-21-20-36-28/h1,4,6-15,25-26H,5,16-22H2,2H3,(H,33,34,35). The average Bonchev–Trinajstić information content (AvgIpc) is 2.92. The van der Waals surface area contributed by atoms with Crippen molar-refractivity contribution in [1.29, 1.82) is 0 Å². The van der Waals surface area contributed by atoms with Crippen molar-refractivity contribution >= 4 is 15.8 Å². The van der Waals surface area contributed by atoms with Gasteiger partial charge in [-0.25, -0.2) is 0 Å². The first kappa shape index (κ1) is 26.4. The predicted octanol–water partition coefficient (Wildman–Crippen LogP) is 4.28. The van der Waals surface area contributed by atoms with E-state index in [1.165, 1.54) is 17.7 Å². The Bertz CT molecular complexity index is 1340. The van der Waals surface area contributed by atoms with Crippen LogP contribution >= 0.6 is 0 Å². The van der Waals surface area contributed by atoms with Crippen LogP contribution in [0.5, 0.6) is 11.5 Å². The van der Waals surface area contributed by atoms with Crippen LogP contribution in [0.3, 0.4) is 0 Å². The number of ether oxygens (including phenoxy) is 2. The monoisotopic (exact) mass is 534 g/mol. The molecule has 0 saturated carbocycles. The van der Waals surface area contributed by atoms with Crippen LogP contribution in [0.2, 0.25) is 0 Å². The Morgan fingerprint density at radius 1 is 1.05 bits per heavy atom. The smallest absolute Gasteiger partial charge is 0.275 e. The highest BCUT2D eigenvalue weighted by Gasteiger charge is 2.34. The fraction of sp³-hybridized carbons (Fsp3) is 0.400. The number of rotatable bonds is 7. The summed E-state index contributed by atoms with van der Waals surface area (Å²) >= 11 is 0. The Labute approximate surface area is 225 Å². The lowest BCUT2D eigenvalue weighted by molar-refractivity contribution is 0.171. The second-order valence-electron chi connectivity index (χ2n) is 10.3. The summed E-state index contributed by atoms with van der Waals surface area (Å²) in [7, 11) is -4.16. The van der Waals surface area contributed by atoms with Crippen LogP contribution in [-0.2, 0) is 16.7 Å². The van der Waals surface area contributed by atoms with E-state index in [-0.39, 0.29) is 5.92 Å². The van der Waals surface area contributed by atoms with Crippen molar-refractivity contribution in [3.63, 3.8) is 0 Å². The van der Waals surface area contributed by atoms with Gasteiger partial charge in [-0.2, -0.15) is 8.42 Å². The van der Waals surface area contributed by atoms with Gasteiger partial charge in [-0.05, 0) is 23.3 Å². The molecule has 1 fully saturated rings. The quantitative estimate of drug-likeness (QED) is 0.323. The van der Waals surface area contributed by atoms with Gasteiger partial charge in [-0.3, -0.25) is 9.45 Å². The number of hydrogen-bond donors (Lipinski definition) is 1. The number of benzene rings is 2. The van der Waals surface area contributed by atoms with Gasteiger partial charge in [-0.15, -0.1) is 12.3 Å². The molecule has 1 N–H and O–H groups in total. The number of terminal acetylenes is 1. The average molecular weight is 535 g/mol. The zero-order valence-corrected chi connectivity index (χ0v) is 22.4. The van der Waals surface area contributed by atoms with Crippen LogP contribution in [0.25, 0.3) is 0 Å². The molecule has 0 spiro atoms. The molecule has 1 unspecified atom stereocenters. The van der Waals surface area contributed by atoms with Gasteiger partial charge in [-0.1, -0.05) is 61.6 Å². The molecule has 2 heterocycles. The molecular weight excluding hydrogens is 500 g/mol. The molecule has 0 radical (unpaired) electrons. The van der Waals surface area contributed by atoms with E-state index in [1.807, 2.05) is 31.2 Å². The lowest BCUT2D eigenvalue weighted by atomic mass is 9.70. The Hall–Kier alpha value is -3.25. The number of para-hydroxylation sites is 1. The maximum Gasteiger partial charge on any atom is 0.275 e. The molecule has 0 bridgehead atoms. The third-order valence-corrected chi connectivity index (χ3v) is 8.76. The molecule has 1 saturated heterocycles. The van der Waals surface area contributed by atoms with E-state index >= 15 is 0 Å². The molecule has 2 aromatic rings. The molecule has 1 atom stereocenters. The van der Waals surface area contributed by atoms with Crippen LogP contribution in [0, 0.1) is 17.8 Å². The first-order chi connectivity index (χ1) is 18.3. The molecule has 200 valence electrons. The van der Waals surface area contributed by atoms with Gasteiger partial charge in [0.05, 0.1) is 5.69 Å². The maximum atomic E-state index is 11.5. The molecule has 8 heteroatoms. The highest BCUT2D eigenvalue weighted by molar-refractivity contribution is 7.86. The van der Waals surface area contributed by atoms with Gasteiger partial charge >= 0.3 is 0 Å². The molecule has 2 aliphatic heterocycles. The lowest BCUT2D eigenvalue weighted by Gasteiger charge is -2.37. The minimum Gasteiger partial charge on any atom is -0.486 e. The van der Waals surface area contributed by atoms with Gasteiger partial charge in [0.25, 0.3) is 10.1 Å². The second-order valence-corrected chi connectivity index (χ2v) is 11.9. The van der Waals surface area contributed by atoms with E-state index in [4.69, 9.17) is 15.9 Å². The van der Waals surface area contributed by atoms with Crippen molar-refractivity contribution in [2.45, 2.75) is 31.1 Å². The fourth-order valence-electron chi connectivity index (χ4n) is 5.54. The van der Waals surface area contributed by atoms with E-state index in [9.17, 15) is 13.0 Å². The SMILES string of the molecule is C#CCC(c1ccc(CN2CCN(c3cccc4c3OCCO4)CC2)cc1)C1(C)C=CC(S(=O)(=O)O)C=C1. The molecule has 38 heavy (non-hydrogen) atoms. The molecule has 3 aliphatic rings. The molecule has 5 rings (SSSR count). The van der Waals surface area contributed by atoms with E-state index in [2.05, 4.69) is 46.1 Å². The third-order valence-electron chi connectivity index (χ3n) is 7.75. The molecule has 1 aliphatic carbocycles. The van der Waals surface area contributed by atoms with Crippen LogP contribution in [-0.4, -0.2) is 62.5 Å². The van der Waals surface area contributed by atoms with E-state index in [0.29, 0.717) is 19.6 Å². The van der Waals surface area contributed by atoms with Crippen LogP contribution < -0.4 is 14.4 Å². The number of allylic oxidation sites excluding steroid dienone is 2. The van der Waals surface area contributed by atoms with E-state index < -0.39 is 20.8 Å². The highest BCUT2D eigenvalue weighted by atomic mass is 32.2. The van der Waals surface area contributed by atoms with Crippen molar-refractivity contribution < 1.29 is 22.4 Å². The minimum atomic E-state index is -4.16. The van der Waals surface area contributed by atoms with Crippen LogP contribution in [0.15, 0.2) is 66.8 Å². The third kappa shape index (κ3) is 5.60. The second kappa shape index (κ2) is 10.9. The Kier molecular flexibility index (Phi) is 7.53. The predicted molar refractivity (Wildman–Crippen MR) is 149 cm³/mol. The van der Waals surface area contributed by atoms with Crippen molar-refractivity contribution in [3.8, 4) is 23.8 Å². The molecule has 7 nitrogen and oxygen atoms in total. The minimum absolute atomic E-state index is 0.0112. The number of hydrogen-bond acceptors (Lipinski definition) is 6. The summed E-state index contributed by atoms with van der Waals surface area (Å²) in [5.41, 5.74) is 3.00. The van der Waals surface area contributed by atoms with E-state index in [1.54, 1.807) is 0 Å². The van der Waals surface area contributed by atoms with E-state index in [0.717, 1.165) is 55.5 Å². The number of fused-ring (bicyclic) bond motifs is 1. The fourth-order valence-corrected chi connectivity index (χ4v) is 6.09. The van der Waals surface area contributed by atoms with Crippen LogP contribution in [0.1, 0.15) is 30.4 Å². The highest BCUT2D eigenvalue weighted by Crippen LogP contribution is 2.43. The lowest BCUT2D eigenvalue weighted by Crippen LogP contribution is -2.46. The van der Waals surface area contributed by atoms with Crippen molar-refractivity contribution in [2.75, 3.05) is 44.3 Å². The molecule has 0 aromatic heterocycles. The van der Waals surface area contributed by atoms with Gasteiger partial charge in [0.2, 0.25) is 0 Å². The Morgan fingerprint density at radius 2 is 1.74 bits per heavy atom. The summed E-state index contributed by atoms with van der Waals surface area (Å²) in [5, 5.41) is -1.02. The Morgan fingerprint density at radius 3 is 2.39 bits per heavy atom. The van der Waals surface area contributed by atoms with Gasteiger partial charge in [0.15, 0.2) is 11.5 Å². The summed E-state index contributed by atoms with van der Waals surface area (Å²) in [6.45, 7) is 7.83. The molecule has 2 aromatic carbocycles. The normalized spacial score (nSPS) is 24.1. The van der Waals surface area contributed by atoms with Gasteiger partial charge < -0.3 is 14.4 Å². The summed E-state index contributed by atoms with van der Waals surface area (Å²) in [6.07, 6.45) is 13.0. The number of piperazine rings is 1. The number of nitrogens with zero attached hydrogens (tertiary/aromatic N) is 2. The van der Waals surface area contributed by atoms with Crippen LogP contribution in [0.4, 0.5) is 5.69 Å². The maximum absolute atomic E-state index is 11.5. The first-order valence-corrected chi connectivity index (χ1v) is 14.5. The summed E-state index contributed by atoms with van der Waals surface area (Å²) in [5.74, 6) is 4.45. The topological polar surface area (TPSA) is 79.3 Å². The molecule has 0 amide bonds. The number of anilines is 1. The Balaban J connectivity index is 1.22. The first-order valence-electron chi connectivity index (χ1n) is 13.0. The van der Waals surface area contributed by atoms with Crippen molar-refractivity contribution in [1.82, 2.24) is 4.90 Å². The van der Waals surface area contributed by atoms with Crippen molar-refractivity contribution in [2.24, 2.45) is 5.41 Å². The largest absolute Gasteiger partial charge is 0.486 e. The zero-order valence-electron chi connectivity index (χ0n) is 21.6. The summed E-state index contributed by atoms with van der Waals surface area (Å²) in [6, 6.07) is 14.7. The summed E-state index contributed by atoms with van der Waals surface area (Å²) < 4.78 is 44.1.